The molecule has 0 atom stereocenters. The molecule has 2 heterocycles. The van der Waals surface area contributed by atoms with Crippen molar-refractivity contribution < 1.29 is 9.32 Å². The normalized spacial score (nSPS) is 11.0. The Bertz CT molecular complexity index is 788. The summed E-state index contributed by atoms with van der Waals surface area (Å²) in [4.78, 5) is 16.0. The number of aryl methyl sites for hydroxylation is 2. The Morgan fingerprint density at radius 3 is 2.95 bits per heavy atom. The highest BCUT2D eigenvalue weighted by Gasteiger charge is 2.10. The van der Waals surface area contributed by atoms with Crippen molar-refractivity contribution in [2.75, 3.05) is 5.32 Å². The minimum Gasteiger partial charge on any atom is -0.348 e. The first-order chi connectivity index (χ1) is 10.2. The first-order valence-electron chi connectivity index (χ1n) is 6.83. The Morgan fingerprint density at radius 2 is 2.24 bits per heavy atom. The summed E-state index contributed by atoms with van der Waals surface area (Å²) in [6.07, 6.45) is 2.12. The molecule has 6 heteroatoms. The van der Waals surface area contributed by atoms with Gasteiger partial charge in [-0.3, -0.25) is 4.79 Å². The van der Waals surface area contributed by atoms with Gasteiger partial charge >= 0.3 is 0 Å². The maximum absolute atomic E-state index is 12.0. The van der Waals surface area contributed by atoms with Gasteiger partial charge in [-0.15, -0.1) is 0 Å². The van der Waals surface area contributed by atoms with Gasteiger partial charge in [0.25, 0.3) is 0 Å². The summed E-state index contributed by atoms with van der Waals surface area (Å²) < 4.78 is 7.07. The van der Waals surface area contributed by atoms with Crippen LogP contribution in [0.5, 0.6) is 0 Å². The lowest BCUT2D eigenvalue weighted by atomic mass is 10.2. The van der Waals surface area contributed by atoms with Crippen LogP contribution in [0.3, 0.4) is 0 Å². The summed E-state index contributed by atoms with van der Waals surface area (Å²) in [5, 5.41) is 7.67. The van der Waals surface area contributed by atoms with Crippen LogP contribution in [0.25, 0.3) is 10.9 Å². The first-order valence-corrected chi connectivity index (χ1v) is 6.83. The van der Waals surface area contributed by atoms with Crippen molar-refractivity contribution in [3.05, 3.63) is 42.2 Å². The zero-order valence-corrected chi connectivity index (χ0v) is 12.0. The molecule has 0 radical (unpaired) electrons. The number of fused-ring (bicyclic) bond motifs is 1. The summed E-state index contributed by atoms with van der Waals surface area (Å²) in [6.45, 7) is 4.70. The molecule has 0 fully saturated rings. The largest absolute Gasteiger partial charge is 0.348 e. The van der Waals surface area contributed by atoms with E-state index in [1.807, 2.05) is 24.4 Å². The molecule has 0 aliphatic carbocycles. The van der Waals surface area contributed by atoms with Gasteiger partial charge in [-0.1, -0.05) is 11.2 Å². The van der Waals surface area contributed by atoms with E-state index in [0.29, 0.717) is 11.7 Å². The molecule has 1 amide bonds. The fourth-order valence-corrected chi connectivity index (χ4v) is 2.29. The minimum absolute atomic E-state index is 0.0771. The summed E-state index contributed by atoms with van der Waals surface area (Å²) >= 11 is 0. The quantitative estimate of drug-likeness (QED) is 0.799. The molecule has 0 aliphatic rings. The molecule has 0 unspecified atom stereocenters. The predicted octanol–water partition coefficient (Wildman–Crippen LogP) is 2.53. The molecular weight excluding hydrogens is 268 g/mol. The van der Waals surface area contributed by atoms with E-state index in [-0.39, 0.29) is 12.3 Å². The minimum atomic E-state index is -0.174. The third-order valence-electron chi connectivity index (χ3n) is 3.28. The molecule has 0 saturated carbocycles. The second-order valence-corrected chi connectivity index (χ2v) is 4.84. The lowest BCUT2D eigenvalue weighted by Crippen LogP contribution is -2.14. The molecule has 0 saturated heterocycles. The number of rotatable bonds is 4. The number of hydrogen-bond donors (Lipinski definition) is 1. The van der Waals surface area contributed by atoms with Crippen LogP contribution in [0.1, 0.15) is 18.6 Å². The van der Waals surface area contributed by atoms with Crippen LogP contribution in [0.15, 0.2) is 35.0 Å². The molecule has 1 aromatic carbocycles. The van der Waals surface area contributed by atoms with Gasteiger partial charge in [-0.25, -0.2) is 0 Å². The molecule has 3 aromatic rings. The number of anilines is 1. The summed E-state index contributed by atoms with van der Waals surface area (Å²) in [5.74, 6) is 0.676. The van der Waals surface area contributed by atoms with E-state index in [0.717, 1.165) is 23.1 Å². The highest BCUT2D eigenvalue weighted by Crippen LogP contribution is 2.20. The van der Waals surface area contributed by atoms with Crippen molar-refractivity contribution in [2.24, 2.45) is 0 Å². The van der Waals surface area contributed by atoms with Gasteiger partial charge in [0, 0.05) is 18.4 Å². The van der Waals surface area contributed by atoms with E-state index in [9.17, 15) is 4.79 Å². The SMILES string of the molecule is CCn1ccc2ccc(NC(=O)Cc3nc(C)no3)cc21. The number of nitrogens with one attached hydrogen (secondary N) is 1. The highest BCUT2D eigenvalue weighted by molar-refractivity contribution is 5.94. The summed E-state index contributed by atoms with van der Waals surface area (Å²) in [7, 11) is 0. The van der Waals surface area contributed by atoms with Gasteiger partial charge in [0.05, 0.1) is 5.52 Å². The Balaban J connectivity index is 1.76. The van der Waals surface area contributed by atoms with E-state index in [2.05, 4.69) is 33.0 Å². The zero-order valence-electron chi connectivity index (χ0n) is 12.0. The number of aromatic nitrogens is 3. The zero-order chi connectivity index (χ0) is 14.8. The fraction of sp³-hybridized carbons (Fsp3) is 0.267. The van der Waals surface area contributed by atoms with Gasteiger partial charge in [-0.2, -0.15) is 4.98 Å². The molecule has 0 spiro atoms. The van der Waals surface area contributed by atoms with Crippen LogP contribution in [0.4, 0.5) is 5.69 Å². The average Bonchev–Trinajstić information content (AvgIpc) is 3.04. The van der Waals surface area contributed by atoms with Crippen molar-refractivity contribution in [3.63, 3.8) is 0 Å². The van der Waals surface area contributed by atoms with E-state index in [1.54, 1.807) is 6.92 Å². The summed E-state index contributed by atoms with van der Waals surface area (Å²) in [5.41, 5.74) is 1.86. The van der Waals surface area contributed by atoms with Crippen molar-refractivity contribution in [1.82, 2.24) is 14.7 Å². The van der Waals surface area contributed by atoms with Crippen LogP contribution in [0.2, 0.25) is 0 Å². The highest BCUT2D eigenvalue weighted by atomic mass is 16.5. The van der Waals surface area contributed by atoms with Crippen LogP contribution in [-0.2, 0) is 17.8 Å². The lowest BCUT2D eigenvalue weighted by molar-refractivity contribution is -0.115. The number of benzene rings is 1. The molecule has 6 nitrogen and oxygen atoms in total. The molecule has 108 valence electrons. The average molecular weight is 284 g/mol. The number of nitrogens with zero attached hydrogens (tertiary/aromatic N) is 3. The molecular formula is C15H16N4O2. The number of carbonyl (C=O) groups is 1. The predicted molar refractivity (Wildman–Crippen MR) is 79.0 cm³/mol. The van der Waals surface area contributed by atoms with Crippen LogP contribution < -0.4 is 5.32 Å². The lowest BCUT2D eigenvalue weighted by Gasteiger charge is -2.06. The van der Waals surface area contributed by atoms with E-state index in [1.165, 1.54) is 0 Å². The number of amides is 1. The van der Waals surface area contributed by atoms with Crippen LogP contribution in [-0.4, -0.2) is 20.6 Å². The molecule has 2 aromatic heterocycles. The number of carbonyl (C=O) groups excluding carboxylic acids is 1. The van der Waals surface area contributed by atoms with Crippen molar-refractivity contribution >= 4 is 22.5 Å². The Hall–Kier alpha value is -2.63. The second-order valence-electron chi connectivity index (χ2n) is 4.84. The monoisotopic (exact) mass is 284 g/mol. The molecule has 0 aliphatic heterocycles. The Morgan fingerprint density at radius 1 is 1.38 bits per heavy atom. The smallest absolute Gasteiger partial charge is 0.236 e. The maximum Gasteiger partial charge on any atom is 0.236 e. The molecule has 1 N–H and O–H groups in total. The van der Waals surface area contributed by atoms with Crippen LogP contribution in [0, 0.1) is 6.92 Å². The van der Waals surface area contributed by atoms with Gasteiger partial charge in [0.2, 0.25) is 11.8 Å². The topological polar surface area (TPSA) is 73.0 Å². The van der Waals surface area contributed by atoms with Crippen molar-refractivity contribution in [2.45, 2.75) is 26.8 Å². The summed E-state index contributed by atoms with van der Waals surface area (Å²) in [6, 6.07) is 7.91. The Labute approximate surface area is 121 Å². The second kappa shape index (κ2) is 5.40. The van der Waals surface area contributed by atoms with Crippen LogP contribution >= 0.6 is 0 Å². The third kappa shape index (κ3) is 2.79. The van der Waals surface area contributed by atoms with Gasteiger partial charge in [-0.05, 0) is 37.4 Å². The van der Waals surface area contributed by atoms with Gasteiger partial charge in [0.15, 0.2) is 5.82 Å². The number of hydrogen-bond acceptors (Lipinski definition) is 4. The van der Waals surface area contributed by atoms with Gasteiger partial charge in [0.1, 0.15) is 6.42 Å². The van der Waals surface area contributed by atoms with Gasteiger partial charge < -0.3 is 14.4 Å². The molecule has 3 rings (SSSR count). The fourth-order valence-electron chi connectivity index (χ4n) is 2.29. The van der Waals surface area contributed by atoms with E-state index in [4.69, 9.17) is 4.52 Å². The van der Waals surface area contributed by atoms with Crippen molar-refractivity contribution in [1.29, 1.82) is 0 Å². The van der Waals surface area contributed by atoms with Crippen molar-refractivity contribution in [3.8, 4) is 0 Å². The first kappa shape index (κ1) is 13.4. The Kier molecular flexibility index (Phi) is 3.43. The molecule has 21 heavy (non-hydrogen) atoms. The van der Waals surface area contributed by atoms with E-state index >= 15 is 0 Å². The standard InChI is InChI=1S/C15H16N4O2/c1-3-19-7-6-11-4-5-12(8-13(11)19)17-14(20)9-15-16-10(2)18-21-15/h4-8H,3,9H2,1-2H3,(H,17,20). The van der Waals surface area contributed by atoms with E-state index < -0.39 is 0 Å². The maximum atomic E-state index is 12.0. The molecule has 0 bridgehead atoms. The third-order valence-corrected chi connectivity index (χ3v) is 3.28.